The van der Waals surface area contributed by atoms with Crippen molar-refractivity contribution in [2.24, 2.45) is 0 Å². The van der Waals surface area contributed by atoms with Crippen molar-refractivity contribution in [3.05, 3.63) is 12.4 Å². The van der Waals surface area contributed by atoms with Gasteiger partial charge in [-0.25, -0.2) is 9.97 Å². The minimum atomic E-state index is -0.825. The first-order valence-electron chi connectivity index (χ1n) is 4.46. The molecule has 2 N–H and O–H groups in total. The average molecular weight is 227 g/mol. The van der Waals surface area contributed by atoms with E-state index in [0.717, 1.165) is 5.03 Å². The molecule has 0 aliphatic rings. The Bertz CT molecular complexity index is 346. The van der Waals surface area contributed by atoms with Crippen LogP contribution in [0, 0.1) is 0 Å². The number of anilines is 1. The topological polar surface area (TPSA) is 75.1 Å². The zero-order chi connectivity index (χ0) is 11.3. The first kappa shape index (κ1) is 11.8. The monoisotopic (exact) mass is 227 g/mol. The number of carbonyl (C=O) groups is 1. The van der Waals surface area contributed by atoms with Crippen LogP contribution in [0.4, 0.5) is 5.82 Å². The summed E-state index contributed by atoms with van der Waals surface area (Å²) >= 11 is 1.52. The second-order valence-electron chi connectivity index (χ2n) is 3.09. The van der Waals surface area contributed by atoms with Crippen molar-refractivity contribution in [2.75, 3.05) is 11.6 Å². The molecule has 1 atom stereocenters. The van der Waals surface area contributed by atoms with Crippen LogP contribution in [-0.4, -0.2) is 33.3 Å². The van der Waals surface area contributed by atoms with Gasteiger partial charge in [0.25, 0.3) is 0 Å². The quantitative estimate of drug-likeness (QED) is 0.586. The molecule has 0 aromatic carbocycles. The van der Waals surface area contributed by atoms with Crippen LogP contribution < -0.4 is 5.32 Å². The molecule has 1 aromatic rings. The van der Waals surface area contributed by atoms with Crippen molar-refractivity contribution in [1.82, 2.24) is 9.97 Å². The van der Waals surface area contributed by atoms with Gasteiger partial charge in [0.05, 0.1) is 6.42 Å². The highest BCUT2D eigenvalue weighted by atomic mass is 32.2. The Morgan fingerprint density at radius 2 is 2.40 bits per heavy atom. The predicted molar refractivity (Wildman–Crippen MR) is 59.2 cm³/mol. The smallest absolute Gasteiger partial charge is 0.305 e. The molecule has 0 saturated carbocycles. The third kappa shape index (κ3) is 4.16. The summed E-state index contributed by atoms with van der Waals surface area (Å²) in [6, 6.07) is 1.65. The molecule has 0 fully saturated rings. The van der Waals surface area contributed by atoms with Gasteiger partial charge >= 0.3 is 5.97 Å². The lowest BCUT2D eigenvalue weighted by Gasteiger charge is -2.11. The van der Waals surface area contributed by atoms with Gasteiger partial charge in [0.1, 0.15) is 17.2 Å². The van der Waals surface area contributed by atoms with Crippen LogP contribution in [0.3, 0.4) is 0 Å². The van der Waals surface area contributed by atoms with Crippen LogP contribution in [0.15, 0.2) is 17.4 Å². The zero-order valence-electron chi connectivity index (χ0n) is 8.60. The normalized spacial score (nSPS) is 12.1. The Balaban J connectivity index is 2.59. The third-order valence-corrected chi connectivity index (χ3v) is 2.37. The molecule has 0 amide bonds. The van der Waals surface area contributed by atoms with E-state index in [1.165, 1.54) is 18.1 Å². The molecular formula is C9H13N3O2S. The number of aromatic nitrogens is 2. The van der Waals surface area contributed by atoms with Crippen LogP contribution in [0.1, 0.15) is 13.3 Å². The number of carboxylic acids is 1. The molecule has 0 aliphatic carbocycles. The number of hydrogen-bond donors (Lipinski definition) is 2. The van der Waals surface area contributed by atoms with Gasteiger partial charge in [0.15, 0.2) is 0 Å². The maximum atomic E-state index is 10.4. The molecule has 0 spiro atoms. The number of thioether (sulfide) groups is 1. The van der Waals surface area contributed by atoms with E-state index < -0.39 is 5.97 Å². The molecule has 5 nitrogen and oxygen atoms in total. The number of nitrogens with one attached hydrogen (secondary N) is 1. The lowest BCUT2D eigenvalue weighted by Crippen LogP contribution is -2.19. The van der Waals surface area contributed by atoms with Gasteiger partial charge < -0.3 is 10.4 Å². The molecule has 1 aromatic heterocycles. The molecule has 15 heavy (non-hydrogen) atoms. The van der Waals surface area contributed by atoms with Crippen LogP contribution in [-0.2, 0) is 4.79 Å². The summed E-state index contributed by atoms with van der Waals surface area (Å²) in [6.07, 6.45) is 3.45. The Kier molecular flexibility index (Phi) is 4.36. The molecular weight excluding hydrogens is 214 g/mol. The molecule has 6 heteroatoms. The molecule has 0 aliphatic heterocycles. The number of nitrogens with zero attached hydrogens (tertiary/aromatic N) is 2. The highest BCUT2D eigenvalue weighted by Gasteiger charge is 2.07. The first-order valence-corrected chi connectivity index (χ1v) is 5.68. The highest BCUT2D eigenvalue weighted by Crippen LogP contribution is 2.14. The summed E-state index contributed by atoms with van der Waals surface area (Å²) in [5, 5.41) is 12.4. The van der Waals surface area contributed by atoms with Gasteiger partial charge in [-0.15, -0.1) is 11.8 Å². The van der Waals surface area contributed by atoms with Crippen molar-refractivity contribution in [3.63, 3.8) is 0 Å². The fourth-order valence-corrected chi connectivity index (χ4v) is 1.48. The molecule has 0 saturated heterocycles. The summed E-state index contributed by atoms with van der Waals surface area (Å²) in [5.41, 5.74) is 0. The van der Waals surface area contributed by atoms with Crippen molar-refractivity contribution in [1.29, 1.82) is 0 Å². The predicted octanol–water partition coefficient (Wildman–Crippen LogP) is 1.47. The summed E-state index contributed by atoms with van der Waals surface area (Å²) in [7, 11) is 0. The lowest BCUT2D eigenvalue weighted by atomic mass is 10.2. The Morgan fingerprint density at radius 1 is 1.67 bits per heavy atom. The Labute approximate surface area is 92.3 Å². The molecule has 0 radical (unpaired) electrons. The standard InChI is InChI=1S/C9H13N3O2S/c1-6(3-9(13)14)12-7-4-8(15-2)11-5-10-7/h4-6H,3H2,1-2H3,(H,13,14)(H,10,11,12). The van der Waals surface area contributed by atoms with Gasteiger partial charge in [-0.2, -0.15) is 0 Å². The number of hydrogen-bond acceptors (Lipinski definition) is 5. The first-order chi connectivity index (χ1) is 7.11. The molecule has 82 valence electrons. The van der Waals surface area contributed by atoms with E-state index in [0.29, 0.717) is 5.82 Å². The number of aliphatic carboxylic acids is 1. The van der Waals surface area contributed by atoms with Gasteiger partial charge in [-0.05, 0) is 13.2 Å². The van der Waals surface area contributed by atoms with E-state index in [-0.39, 0.29) is 12.5 Å². The Morgan fingerprint density at radius 3 is 3.00 bits per heavy atom. The zero-order valence-corrected chi connectivity index (χ0v) is 9.41. The van der Waals surface area contributed by atoms with E-state index >= 15 is 0 Å². The maximum Gasteiger partial charge on any atom is 0.305 e. The fraction of sp³-hybridized carbons (Fsp3) is 0.444. The van der Waals surface area contributed by atoms with E-state index in [1.54, 1.807) is 13.0 Å². The lowest BCUT2D eigenvalue weighted by molar-refractivity contribution is -0.137. The number of carboxylic acid groups (broad SMARTS) is 1. The maximum absolute atomic E-state index is 10.4. The molecule has 1 unspecified atom stereocenters. The van der Waals surface area contributed by atoms with Crippen LogP contribution in [0.5, 0.6) is 0 Å². The van der Waals surface area contributed by atoms with Crippen LogP contribution >= 0.6 is 11.8 Å². The van der Waals surface area contributed by atoms with E-state index in [9.17, 15) is 4.79 Å². The van der Waals surface area contributed by atoms with Crippen LogP contribution in [0.25, 0.3) is 0 Å². The van der Waals surface area contributed by atoms with Crippen LogP contribution in [0.2, 0.25) is 0 Å². The summed E-state index contributed by atoms with van der Waals surface area (Å²) in [5.74, 6) is -0.169. The number of rotatable bonds is 5. The molecule has 0 bridgehead atoms. The van der Waals surface area contributed by atoms with Crippen molar-refractivity contribution < 1.29 is 9.90 Å². The minimum Gasteiger partial charge on any atom is -0.481 e. The third-order valence-electron chi connectivity index (χ3n) is 1.73. The van der Waals surface area contributed by atoms with Crippen molar-refractivity contribution in [3.8, 4) is 0 Å². The summed E-state index contributed by atoms with van der Waals surface area (Å²) in [6.45, 7) is 1.80. The largest absolute Gasteiger partial charge is 0.481 e. The Hall–Kier alpha value is -1.30. The van der Waals surface area contributed by atoms with Gasteiger partial charge in [0.2, 0.25) is 0 Å². The van der Waals surface area contributed by atoms with Crippen molar-refractivity contribution in [2.45, 2.75) is 24.4 Å². The highest BCUT2D eigenvalue weighted by molar-refractivity contribution is 7.98. The second kappa shape index (κ2) is 5.55. The van der Waals surface area contributed by atoms with Crippen molar-refractivity contribution >= 4 is 23.5 Å². The SMILES string of the molecule is CSc1cc(NC(C)CC(=O)O)ncn1. The van der Waals surface area contributed by atoms with E-state index in [1.807, 2.05) is 6.26 Å². The minimum absolute atomic E-state index is 0.0681. The average Bonchev–Trinajstić information content (AvgIpc) is 2.16. The second-order valence-corrected chi connectivity index (χ2v) is 3.92. The fourth-order valence-electron chi connectivity index (χ4n) is 1.10. The van der Waals surface area contributed by atoms with Gasteiger partial charge in [0, 0.05) is 12.1 Å². The van der Waals surface area contributed by atoms with E-state index in [4.69, 9.17) is 5.11 Å². The molecule has 1 rings (SSSR count). The molecule has 1 heterocycles. The summed E-state index contributed by atoms with van der Waals surface area (Å²) < 4.78 is 0. The summed E-state index contributed by atoms with van der Waals surface area (Å²) in [4.78, 5) is 18.5. The van der Waals surface area contributed by atoms with Gasteiger partial charge in [-0.1, -0.05) is 0 Å². The van der Waals surface area contributed by atoms with Gasteiger partial charge in [-0.3, -0.25) is 4.79 Å². The van der Waals surface area contributed by atoms with E-state index in [2.05, 4.69) is 15.3 Å².